The molecule has 1 aromatic heterocycles. The van der Waals surface area contributed by atoms with Gasteiger partial charge in [-0.3, -0.25) is 4.98 Å². The van der Waals surface area contributed by atoms with Gasteiger partial charge < -0.3 is 4.74 Å². The highest BCUT2D eigenvalue weighted by molar-refractivity contribution is 5.63. The van der Waals surface area contributed by atoms with E-state index in [9.17, 15) is 0 Å². The average Bonchev–Trinajstić information content (AvgIpc) is 2.51. The van der Waals surface area contributed by atoms with E-state index in [2.05, 4.69) is 22.1 Å². The van der Waals surface area contributed by atoms with Gasteiger partial charge in [-0.15, -0.1) is 0 Å². The molecule has 0 fully saturated rings. The van der Waals surface area contributed by atoms with Crippen LogP contribution < -0.4 is 4.74 Å². The summed E-state index contributed by atoms with van der Waals surface area (Å²) in [6.45, 7) is 1.88. The van der Waals surface area contributed by atoms with Gasteiger partial charge in [0.25, 0.3) is 0 Å². The zero-order valence-electron chi connectivity index (χ0n) is 11.2. The third kappa shape index (κ3) is 2.67. The lowest BCUT2D eigenvalue weighted by Gasteiger charge is -2.07. The van der Waals surface area contributed by atoms with E-state index in [4.69, 9.17) is 4.74 Å². The summed E-state index contributed by atoms with van der Waals surface area (Å²) in [5.41, 5.74) is 3.13. The van der Waals surface area contributed by atoms with Crippen molar-refractivity contribution >= 4 is 0 Å². The highest BCUT2D eigenvalue weighted by Gasteiger charge is 2.03. The molecule has 0 bridgehead atoms. The van der Waals surface area contributed by atoms with Crippen molar-refractivity contribution in [2.75, 3.05) is 0 Å². The van der Waals surface area contributed by atoms with Crippen LogP contribution in [0.1, 0.15) is 5.69 Å². The SMILES string of the molecule is Cc1nccnc1Oc1ccc(-c2ccccc2)cc1. The fraction of sp³-hybridized carbons (Fsp3) is 0.0588. The van der Waals surface area contributed by atoms with Crippen LogP contribution in [0.2, 0.25) is 0 Å². The van der Waals surface area contributed by atoms with Crippen molar-refractivity contribution in [3.8, 4) is 22.8 Å². The lowest BCUT2D eigenvalue weighted by Crippen LogP contribution is -1.92. The molecule has 3 heteroatoms. The van der Waals surface area contributed by atoms with Gasteiger partial charge in [0.15, 0.2) is 0 Å². The number of hydrogen-bond donors (Lipinski definition) is 0. The first-order chi connectivity index (χ1) is 9.83. The Bertz CT molecular complexity index is 694. The number of nitrogens with zero attached hydrogens (tertiary/aromatic N) is 2. The Labute approximate surface area is 117 Å². The lowest BCUT2D eigenvalue weighted by atomic mass is 10.1. The summed E-state index contributed by atoms with van der Waals surface area (Å²) in [5, 5.41) is 0. The quantitative estimate of drug-likeness (QED) is 0.708. The highest BCUT2D eigenvalue weighted by atomic mass is 16.5. The molecule has 2 aromatic carbocycles. The van der Waals surface area contributed by atoms with Crippen LogP contribution in [0.4, 0.5) is 0 Å². The Morgan fingerprint density at radius 2 is 1.40 bits per heavy atom. The second kappa shape index (κ2) is 5.53. The first-order valence-corrected chi connectivity index (χ1v) is 6.44. The predicted molar refractivity (Wildman–Crippen MR) is 78.7 cm³/mol. The molecule has 3 rings (SSSR count). The van der Waals surface area contributed by atoms with Crippen LogP contribution >= 0.6 is 0 Å². The van der Waals surface area contributed by atoms with Gasteiger partial charge in [-0.05, 0) is 30.2 Å². The molecule has 0 aliphatic rings. The van der Waals surface area contributed by atoms with E-state index in [0.29, 0.717) is 5.88 Å². The Kier molecular flexibility index (Phi) is 3.42. The van der Waals surface area contributed by atoms with Crippen LogP contribution in [0.3, 0.4) is 0 Å². The third-order valence-electron chi connectivity index (χ3n) is 3.01. The van der Waals surface area contributed by atoms with Crippen LogP contribution in [0.5, 0.6) is 11.6 Å². The second-order valence-electron chi connectivity index (χ2n) is 4.44. The molecule has 3 aromatic rings. The molecular weight excluding hydrogens is 248 g/mol. The summed E-state index contributed by atoms with van der Waals surface area (Å²) in [7, 11) is 0. The molecule has 20 heavy (non-hydrogen) atoms. The van der Waals surface area contributed by atoms with E-state index in [0.717, 1.165) is 17.0 Å². The fourth-order valence-corrected chi connectivity index (χ4v) is 1.95. The van der Waals surface area contributed by atoms with Gasteiger partial charge in [0.05, 0.1) is 5.69 Å². The molecule has 3 nitrogen and oxygen atoms in total. The van der Waals surface area contributed by atoms with Gasteiger partial charge in [-0.1, -0.05) is 42.5 Å². The minimum absolute atomic E-state index is 0.542. The molecule has 0 saturated carbocycles. The Hall–Kier alpha value is -2.68. The molecule has 0 aliphatic heterocycles. The summed E-state index contributed by atoms with van der Waals surface area (Å²) >= 11 is 0. The molecular formula is C17H14N2O. The third-order valence-corrected chi connectivity index (χ3v) is 3.01. The van der Waals surface area contributed by atoms with Crippen LogP contribution in [0.25, 0.3) is 11.1 Å². The number of aryl methyl sites for hydroxylation is 1. The van der Waals surface area contributed by atoms with Crippen molar-refractivity contribution in [1.29, 1.82) is 0 Å². The molecule has 0 saturated heterocycles. The molecule has 0 atom stereocenters. The smallest absolute Gasteiger partial charge is 0.240 e. The van der Waals surface area contributed by atoms with E-state index in [1.165, 1.54) is 5.56 Å². The van der Waals surface area contributed by atoms with Gasteiger partial charge in [0.2, 0.25) is 5.88 Å². The first-order valence-electron chi connectivity index (χ1n) is 6.44. The van der Waals surface area contributed by atoms with Crippen molar-refractivity contribution in [2.45, 2.75) is 6.92 Å². The molecule has 0 spiro atoms. The normalized spacial score (nSPS) is 10.2. The Morgan fingerprint density at radius 3 is 2.10 bits per heavy atom. The molecule has 98 valence electrons. The van der Waals surface area contributed by atoms with E-state index >= 15 is 0 Å². The maximum atomic E-state index is 5.73. The minimum Gasteiger partial charge on any atom is -0.437 e. The van der Waals surface area contributed by atoms with Gasteiger partial charge in [-0.25, -0.2) is 4.98 Å². The number of hydrogen-bond acceptors (Lipinski definition) is 3. The number of rotatable bonds is 3. The summed E-state index contributed by atoms with van der Waals surface area (Å²) < 4.78 is 5.73. The lowest BCUT2D eigenvalue weighted by molar-refractivity contribution is 0.455. The summed E-state index contributed by atoms with van der Waals surface area (Å²) in [5.74, 6) is 1.30. The van der Waals surface area contributed by atoms with Gasteiger partial charge >= 0.3 is 0 Å². The molecule has 0 N–H and O–H groups in total. The first kappa shape index (κ1) is 12.4. The largest absolute Gasteiger partial charge is 0.437 e. The number of benzene rings is 2. The maximum Gasteiger partial charge on any atom is 0.240 e. The molecule has 1 heterocycles. The predicted octanol–water partition coefficient (Wildman–Crippen LogP) is 4.24. The van der Waals surface area contributed by atoms with E-state index in [1.54, 1.807) is 12.4 Å². The van der Waals surface area contributed by atoms with Crippen LogP contribution in [-0.4, -0.2) is 9.97 Å². The Morgan fingerprint density at radius 1 is 0.750 bits per heavy atom. The van der Waals surface area contributed by atoms with Crippen molar-refractivity contribution < 1.29 is 4.74 Å². The topological polar surface area (TPSA) is 35.0 Å². The Balaban J connectivity index is 1.82. The summed E-state index contributed by atoms with van der Waals surface area (Å²) in [6.07, 6.45) is 3.28. The zero-order chi connectivity index (χ0) is 13.8. The second-order valence-corrected chi connectivity index (χ2v) is 4.44. The van der Waals surface area contributed by atoms with Crippen molar-refractivity contribution in [2.24, 2.45) is 0 Å². The van der Waals surface area contributed by atoms with E-state index in [1.807, 2.05) is 49.4 Å². The average molecular weight is 262 g/mol. The van der Waals surface area contributed by atoms with E-state index in [-0.39, 0.29) is 0 Å². The standard InChI is InChI=1S/C17H14N2O/c1-13-17(19-12-11-18-13)20-16-9-7-15(8-10-16)14-5-3-2-4-6-14/h2-12H,1H3. The molecule has 0 amide bonds. The van der Waals surface area contributed by atoms with Crippen LogP contribution in [0.15, 0.2) is 67.0 Å². The van der Waals surface area contributed by atoms with E-state index < -0.39 is 0 Å². The van der Waals surface area contributed by atoms with Crippen molar-refractivity contribution in [3.63, 3.8) is 0 Å². The number of ether oxygens (including phenoxy) is 1. The maximum absolute atomic E-state index is 5.73. The fourth-order valence-electron chi connectivity index (χ4n) is 1.95. The van der Waals surface area contributed by atoms with Crippen molar-refractivity contribution in [1.82, 2.24) is 9.97 Å². The van der Waals surface area contributed by atoms with Crippen molar-refractivity contribution in [3.05, 3.63) is 72.7 Å². The van der Waals surface area contributed by atoms with Crippen LogP contribution in [-0.2, 0) is 0 Å². The van der Waals surface area contributed by atoms with Crippen LogP contribution in [0, 0.1) is 6.92 Å². The van der Waals surface area contributed by atoms with Gasteiger partial charge in [0.1, 0.15) is 5.75 Å². The minimum atomic E-state index is 0.542. The highest BCUT2D eigenvalue weighted by Crippen LogP contribution is 2.25. The molecule has 0 aliphatic carbocycles. The molecule has 0 radical (unpaired) electrons. The summed E-state index contributed by atoms with van der Waals surface area (Å²) in [4.78, 5) is 8.32. The van der Waals surface area contributed by atoms with Gasteiger partial charge in [0, 0.05) is 12.4 Å². The monoisotopic (exact) mass is 262 g/mol. The summed E-state index contributed by atoms with van der Waals surface area (Å²) in [6, 6.07) is 18.2. The zero-order valence-corrected chi connectivity index (χ0v) is 11.2. The van der Waals surface area contributed by atoms with Gasteiger partial charge in [-0.2, -0.15) is 0 Å². The molecule has 0 unspecified atom stereocenters. The number of aromatic nitrogens is 2.